The fraction of sp³-hybridized carbons (Fsp3) is 0.462. The Morgan fingerprint density at radius 2 is 1.93 bits per heavy atom. The predicted octanol–water partition coefficient (Wildman–Crippen LogP) is 2.06. The van der Waals surface area contributed by atoms with Gasteiger partial charge in [-0.15, -0.1) is 0 Å². The summed E-state index contributed by atoms with van der Waals surface area (Å²) in [5.74, 6) is 0.720. The third kappa shape index (κ3) is 2.26. The molecule has 1 aliphatic carbocycles. The molecule has 0 bridgehead atoms. The van der Waals surface area contributed by atoms with Crippen LogP contribution in [0.15, 0.2) is 24.3 Å². The van der Waals surface area contributed by atoms with Crippen molar-refractivity contribution >= 4 is 5.78 Å². The van der Waals surface area contributed by atoms with Crippen LogP contribution >= 0.6 is 0 Å². The molecular formula is C13H17NO. The van der Waals surface area contributed by atoms with Gasteiger partial charge in [-0.05, 0) is 24.0 Å². The van der Waals surface area contributed by atoms with Crippen molar-refractivity contribution in [2.45, 2.75) is 32.2 Å². The Morgan fingerprint density at radius 3 is 2.47 bits per heavy atom. The largest absolute Gasteiger partial charge is 0.326 e. The van der Waals surface area contributed by atoms with E-state index in [1.807, 2.05) is 24.3 Å². The molecule has 2 heteroatoms. The minimum Gasteiger partial charge on any atom is -0.326 e. The second kappa shape index (κ2) is 4.58. The Bertz CT molecular complexity index is 355. The molecule has 0 heterocycles. The maximum Gasteiger partial charge on any atom is 0.140 e. The fourth-order valence-electron chi connectivity index (χ4n) is 1.99. The first kappa shape index (κ1) is 10.4. The zero-order valence-corrected chi connectivity index (χ0v) is 8.91. The highest BCUT2D eigenvalue weighted by Crippen LogP contribution is 2.28. The van der Waals surface area contributed by atoms with Crippen LogP contribution in [0.1, 0.15) is 30.4 Å². The molecular weight excluding hydrogens is 186 g/mol. The lowest BCUT2D eigenvalue weighted by molar-refractivity contribution is -0.124. The van der Waals surface area contributed by atoms with Gasteiger partial charge < -0.3 is 5.73 Å². The first-order chi connectivity index (χ1) is 7.31. The van der Waals surface area contributed by atoms with Gasteiger partial charge in [0, 0.05) is 18.9 Å². The first-order valence-electron chi connectivity index (χ1n) is 5.61. The summed E-state index contributed by atoms with van der Waals surface area (Å²) in [5.41, 5.74) is 7.85. The number of benzene rings is 1. The summed E-state index contributed by atoms with van der Waals surface area (Å²) in [4.78, 5) is 11.8. The summed E-state index contributed by atoms with van der Waals surface area (Å²) >= 11 is 0. The van der Waals surface area contributed by atoms with Gasteiger partial charge in [-0.2, -0.15) is 0 Å². The number of carbonyl (C=O) groups is 1. The van der Waals surface area contributed by atoms with E-state index in [1.165, 1.54) is 6.42 Å². The Morgan fingerprint density at radius 1 is 1.27 bits per heavy atom. The molecule has 0 radical (unpaired) electrons. The molecule has 2 nitrogen and oxygen atoms in total. The van der Waals surface area contributed by atoms with Crippen LogP contribution in [-0.2, 0) is 17.8 Å². The average molecular weight is 203 g/mol. The van der Waals surface area contributed by atoms with E-state index in [-0.39, 0.29) is 0 Å². The second-order valence-corrected chi connectivity index (χ2v) is 4.24. The molecule has 15 heavy (non-hydrogen) atoms. The number of Topliss-reactive ketones (excluding diaryl/α,β-unsaturated/α-hetero) is 1. The summed E-state index contributed by atoms with van der Waals surface area (Å²) in [6.07, 6.45) is 3.96. The Kier molecular flexibility index (Phi) is 3.17. The van der Waals surface area contributed by atoms with Gasteiger partial charge >= 0.3 is 0 Å². The van der Waals surface area contributed by atoms with Crippen LogP contribution in [0.25, 0.3) is 0 Å². The number of rotatable bonds is 4. The van der Waals surface area contributed by atoms with Crippen molar-refractivity contribution in [3.05, 3.63) is 35.4 Å². The molecule has 2 rings (SSSR count). The molecule has 0 atom stereocenters. The van der Waals surface area contributed by atoms with E-state index in [0.717, 1.165) is 24.0 Å². The quantitative estimate of drug-likeness (QED) is 0.814. The summed E-state index contributed by atoms with van der Waals surface area (Å²) in [7, 11) is 0. The summed E-state index contributed by atoms with van der Waals surface area (Å²) in [6.45, 7) is 0.522. The van der Waals surface area contributed by atoms with Gasteiger partial charge in [-0.1, -0.05) is 30.7 Å². The van der Waals surface area contributed by atoms with E-state index < -0.39 is 0 Å². The zero-order valence-electron chi connectivity index (χ0n) is 8.91. The lowest BCUT2D eigenvalue weighted by Crippen LogP contribution is -2.24. The number of ketones is 1. The van der Waals surface area contributed by atoms with E-state index in [1.54, 1.807) is 0 Å². The van der Waals surface area contributed by atoms with Gasteiger partial charge in [0.2, 0.25) is 0 Å². The van der Waals surface area contributed by atoms with Crippen molar-refractivity contribution < 1.29 is 4.79 Å². The van der Waals surface area contributed by atoms with Crippen LogP contribution in [0.3, 0.4) is 0 Å². The highest BCUT2D eigenvalue weighted by Gasteiger charge is 2.25. The van der Waals surface area contributed by atoms with Gasteiger partial charge in [0.15, 0.2) is 0 Å². The number of nitrogens with two attached hydrogens (primary N) is 1. The number of hydrogen-bond acceptors (Lipinski definition) is 2. The summed E-state index contributed by atoms with van der Waals surface area (Å²) in [5, 5.41) is 0. The average Bonchev–Trinajstić information content (AvgIpc) is 2.15. The molecule has 1 aromatic rings. The monoisotopic (exact) mass is 203 g/mol. The highest BCUT2D eigenvalue weighted by atomic mass is 16.1. The van der Waals surface area contributed by atoms with Crippen LogP contribution in [0.4, 0.5) is 0 Å². The molecule has 80 valence electrons. The van der Waals surface area contributed by atoms with E-state index >= 15 is 0 Å². The second-order valence-electron chi connectivity index (χ2n) is 4.24. The molecule has 0 spiro atoms. The molecule has 1 saturated carbocycles. The fourth-order valence-corrected chi connectivity index (χ4v) is 1.99. The molecule has 1 aliphatic rings. The smallest absolute Gasteiger partial charge is 0.140 e. The highest BCUT2D eigenvalue weighted by molar-refractivity contribution is 5.84. The van der Waals surface area contributed by atoms with Crippen molar-refractivity contribution in [1.29, 1.82) is 0 Å². The van der Waals surface area contributed by atoms with Crippen LogP contribution in [-0.4, -0.2) is 5.78 Å². The van der Waals surface area contributed by atoms with Gasteiger partial charge in [0.25, 0.3) is 0 Å². The van der Waals surface area contributed by atoms with E-state index in [0.29, 0.717) is 24.7 Å². The van der Waals surface area contributed by atoms with Crippen molar-refractivity contribution in [3.8, 4) is 0 Å². The van der Waals surface area contributed by atoms with Crippen molar-refractivity contribution in [1.82, 2.24) is 0 Å². The van der Waals surface area contributed by atoms with E-state index in [4.69, 9.17) is 5.73 Å². The molecule has 0 unspecified atom stereocenters. The number of carbonyl (C=O) groups excluding carboxylic acids is 1. The molecule has 1 fully saturated rings. The Labute approximate surface area is 90.5 Å². The van der Waals surface area contributed by atoms with Crippen molar-refractivity contribution in [2.75, 3.05) is 0 Å². The minimum atomic E-state index is 0.329. The normalized spacial score (nSPS) is 16.1. The molecule has 1 aromatic carbocycles. The zero-order chi connectivity index (χ0) is 10.7. The summed E-state index contributed by atoms with van der Waals surface area (Å²) < 4.78 is 0. The lowest BCUT2D eigenvalue weighted by Gasteiger charge is -2.24. The molecule has 2 N–H and O–H groups in total. The third-order valence-corrected chi connectivity index (χ3v) is 3.26. The van der Waals surface area contributed by atoms with Gasteiger partial charge in [-0.3, -0.25) is 4.79 Å². The minimum absolute atomic E-state index is 0.329. The Hall–Kier alpha value is -1.15. The van der Waals surface area contributed by atoms with Gasteiger partial charge in [0.05, 0.1) is 0 Å². The van der Waals surface area contributed by atoms with Crippen LogP contribution in [0.2, 0.25) is 0 Å². The third-order valence-electron chi connectivity index (χ3n) is 3.26. The maximum absolute atomic E-state index is 11.8. The van der Waals surface area contributed by atoms with Gasteiger partial charge in [0.1, 0.15) is 5.78 Å². The van der Waals surface area contributed by atoms with Crippen LogP contribution in [0, 0.1) is 5.92 Å². The number of hydrogen-bond donors (Lipinski definition) is 1. The van der Waals surface area contributed by atoms with E-state index in [9.17, 15) is 4.79 Å². The lowest BCUT2D eigenvalue weighted by atomic mass is 9.80. The topological polar surface area (TPSA) is 43.1 Å². The van der Waals surface area contributed by atoms with Crippen LogP contribution in [0.5, 0.6) is 0 Å². The summed E-state index contributed by atoms with van der Waals surface area (Å²) in [6, 6.07) is 7.96. The molecule has 0 aliphatic heterocycles. The Balaban J connectivity index is 2.05. The maximum atomic E-state index is 11.8. The molecule has 0 saturated heterocycles. The SMILES string of the molecule is NCc1ccccc1CC(=O)C1CCC1. The first-order valence-corrected chi connectivity index (χ1v) is 5.61. The molecule has 0 amide bonds. The van der Waals surface area contributed by atoms with Crippen molar-refractivity contribution in [2.24, 2.45) is 11.7 Å². The van der Waals surface area contributed by atoms with E-state index in [2.05, 4.69) is 0 Å². The van der Waals surface area contributed by atoms with Gasteiger partial charge in [-0.25, -0.2) is 0 Å². The van der Waals surface area contributed by atoms with Crippen LogP contribution < -0.4 is 5.73 Å². The standard InChI is InChI=1S/C13H17NO/c14-9-12-5-2-1-4-11(12)8-13(15)10-6-3-7-10/h1-2,4-5,10H,3,6-9,14H2. The molecule has 0 aromatic heterocycles. The predicted molar refractivity (Wildman–Crippen MR) is 60.4 cm³/mol. The van der Waals surface area contributed by atoms with Crippen molar-refractivity contribution in [3.63, 3.8) is 0 Å².